The maximum atomic E-state index is 13.8. The molecule has 0 aliphatic heterocycles. The molecule has 32 heavy (non-hydrogen) atoms. The second kappa shape index (κ2) is 7.69. The molecule has 4 aromatic heterocycles. The van der Waals surface area contributed by atoms with Gasteiger partial charge in [-0.05, 0) is 44.7 Å². The van der Waals surface area contributed by atoms with E-state index in [2.05, 4.69) is 15.1 Å². The van der Waals surface area contributed by atoms with E-state index in [9.17, 15) is 13.6 Å². The molecule has 4 aromatic rings. The third-order valence-electron chi connectivity index (χ3n) is 6.10. The van der Waals surface area contributed by atoms with Crippen LogP contribution in [0.2, 0.25) is 0 Å². The molecule has 1 aliphatic rings. The van der Waals surface area contributed by atoms with E-state index in [1.54, 1.807) is 31.6 Å². The summed E-state index contributed by atoms with van der Waals surface area (Å²) in [5, 5.41) is 4.00. The van der Waals surface area contributed by atoms with E-state index in [4.69, 9.17) is 7.26 Å². The second-order valence-electron chi connectivity index (χ2n) is 8.40. The minimum Gasteiger partial charge on any atom is -0.361 e. The van der Waals surface area contributed by atoms with Crippen molar-refractivity contribution in [2.45, 2.75) is 52.0 Å². The van der Waals surface area contributed by atoms with Crippen LogP contribution in [-0.4, -0.2) is 25.6 Å². The SMILES string of the molecule is [2H]C([2H])(C1CCC(F)(F)CC1)n1cc(-c2ccc(=O)[nH]c2)c2ncc(-c3c(C)noc3C)cc21. The Bertz CT molecular complexity index is 1390. The molecule has 1 N–H and O–H groups in total. The Hall–Kier alpha value is -3.29. The lowest BCUT2D eigenvalue weighted by atomic mass is 9.87. The number of nitrogens with one attached hydrogen (secondary N) is 1. The molecule has 1 fully saturated rings. The normalized spacial score (nSPS) is 18.0. The fourth-order valence-electron chi connectivity index (χ4n) is 4.40. The van der Waals surface area contributed by atoms with Gasteiger partial charge >= 0.3 is 0 Å². The van der Waals surface area contributed by atoms with Crippen molar-refractivity contribution in [2.24, 2.45) is 5.92 Å². The van der Waals surface area contributed by atoms with Crippen LogP contribution in [0, 0.1) is 19.8 Å². The monoisotopic (exact) mass is 440 g/mol. The molecule has 0 aromatic carbocycles. The molecule has 0 amide bonds. The summed E-state index contributed by atoms with van der Waals surface area (Å²) in [6, 6.07) is 4.88. The van der Waals surface area contributed by atoms with Crippen molar-refractivity contribution >= 4 is 11.0 Å². The summed E-state index contributed by atoms with van der Waals surface area (Å²) < 4.78 is 52.3. The standard InChI is InChI=1S/C24H24F2N4O2/c1-14-22(15(2)32-29-14)18-9-20-23(28-11-18)19(17-3-4-21(31)27-10-17)13-30(20)12-16-5-7-24(25,26)8-6-16/h3-4,9-11,13,16H,5-8,12H2,1-2H3,(H,27,31)/i12D2. The van der Waals surface area contributed by atoms with Crippen LogP contribution < -0.4 is 5.56 Å². The molecular weight excluding hydrogens is 414 g/mol. The van der Waals surface area contributed by atoms with Gasteiger partial charge in [-0.2, -0.15) is 0 Å². The van der Waals surface area contributed by atoms with Crippen molar-refractivity contribution in [2.75, 3.05) is 0 Å². The Kier molecular flexibility index (Phi) is 4.40. The molecule has 5 rings (SSSR count). The molecule has 1 saturated carbocycles. The van der Waals surface area contributed by atoms with Gasteiger partial charge in [-0.25, -0.2) is 8.78 Å². The summed E-state index contributed by atoms with van der Waals surface area (Å²) in [5.74, 6) is -2.70. The van der Waals surface area contributed by atoms with E-state index in [0.29, 0.717) is 33.6 Å². The number of alkyl halides is 2. The number of rotatable bonds is 4. The topological polar surface area (TPSA) is 76.7 Å². The average Bonchev–Trinajstić information content (AvgIpc) is 3.33. The van der Waals surface area contributed by atoms with Crippen molar-refractivity contribution in [3.63, 3.8) is 0 Å². The number of pyridine rings is 2. The van der Waals surface area contributed by atoms with E-state index < -0.39 is 18.3 Å². The van der Waals surface area contributed by atoms with Gasteiger partial charge in [0.25, 0.3) is 0 Å². The van der Waals surface area contributed by atoms with Crippen LogP contribution >= 0.6 is 0 Å². The first-order valence-electron chi connectivity index (χ1n) is 11.6. The van der Waals surface area contributed by atoms with Gasteiger partial charge in [0.05, 0.1) is 19.5 Å². The van der Waals surface area contributed by atoms with Crippen molar-refractivity contribution in [3.05, 3.63) is 58.6 Å². The summed E-state index contributed by atoms with van der Waals surface area (Å²) in [7, 11) is 0. The highest BCUT2D eigenvalue weighted by atomic mass is 19.3. The first-order chi connectivity index (χ1) is 16.1. The zero-order valence-electron chi connectivity index (χ0n) is 19.8. The predicted molar refractivity (Wildman–Crippen MR) is 118 cm³/mol. The highest BCUT2D eigenvalue weighted by Crippen LogP contribution is 2.39. The van der Waals surface area contributed by atoms with E-state index in [1.807, 2.05) is 13.0 Å². The number of fused-ring (bicyclic) bond motifs is 1. The number of aromatic amines is 1. The molecule has 166 valence electrons. The van der Waals surface area contributed by atoms with Crippen LogP contribution in [0.1, 0.15) is 39.9 Å². The van der Waals surface area contributed by atoms with Gasteiger partial charge in [-0.15, -0.1) is 0 Å². The maximum Gasteiger partial charge on any atom is 0.248 e. The third-order valence-corrected chi connectivity index (χ3v) is 6.10. The molecule has 4 heterocycles. The Morgan fingerprint density at radius 2 is 2.06 bits per heavy atom. The largest absolute Gasteiger partial charge is 0.361 e. The van der Waals surface area contributed by atoms with Gasteiger partial charge in [0, 0.05) is 66.2 Å². The molecule has 0 unspecified atom stereocenters. The quantitative estimate of drug-likeness (QED) is 0.455. The molecular formula is C24H24F2N4O2. The van der Waals surface area contributed by atoms with Gasteiger partial charge in [0.1, 0.15) is 5.76 Å². The van der Waals surface area contributed by atoms with Gasteiger partial charge in [-0.1, -0.05) is 5.16 Å². The van der Waals surface area contributed by atoms with Crippen molar-refractivity contribution in [3.8, 4) is 22.3 Å². The lowest BCUT2D eigenvalue weighted by molar-refractivity contribution is -0.0472. The summed E-state index contributed by atoms with van der Waals surface area (Å²) in [6.45, 7) is 1.70. The minimum atomic E-state index is -2.75. The highest BCUT2D eigenvalue weighted by molar-refractivity contribution is 5.94. The smallest absolute Gasteiger partial charge is 0.248 e. The average molecular weight is 440 g/mol. The number of nitrogens with zero attached hydrogens (tertiary/aromatic N) is 3. The molecule has 6 nitrogen and oxygen atoms in total. The van der Waals surface area contributed by atoms with Crippen molar-refractivity contribution < 1.29 is 16.0 Å². The van der Waals surface area contributed by atoms with Crippen LogP contribution in [0.4, 0.5) is 8.78 Å². The lowest BCUT2D eigenvalue weighted by Crippen LogP contribution is -2.26. The van der Waals surface area contributed by atoms with Gasteiger partial charge in [0.2, 0.25) is 11.5 Å². The molecule has 0 radical (unpaired) electrons. The molecule has 0 bridgehead atoms. The number of hydrogen-bond donors (Lipinski definition) is 1. The zero-order chi connectivity index (χ0) is 24.3. The van der Waals surface area contributed by atoms with Crippen LogP contribution in [0.25, 0.3) is 33.3 Å². The highest BCUT2D eigenvalue weighted by Gasteiger charge is 2.35. The maximum absolute atomic E-state index is 13.8. The van der Waals surface area contributed by atoms with Crippen LogP contribution in [0.15, 0.2) is 46.1 Å². The van der Waals surface area contributed by atoms with E-state index in [-0.39, 0.29) is 31.2 Å². The van der Waals surface area contributed by atoms with E-state index in [1.165, 1.54) is 10.6 Å². The Morgan fingerprint density at radius 3 is 2.72 bits per heavy atom. The number of halogens is 2. The van der Waals surface area contributed by atoms with E-state index >= 15 is 0 Å². The third kappa shape index (κ3) is 3.74. The van der Waals surface area contributed by atoms with Crippen molar-refractivity contribution in [1.29, 1.82) is 0 Å². The Balaban J connectivity index is 1.69. The zero-order valence-corrected chi connectivity index (χ0v) is 17.8. The first-order valence-corrected chi connectivity index (χ1v) is 10.6. The Labute approximate surface area is 186 Å². The van der Waals surface area contributed by atoms with Gasteiger partial charge < -0.3 is 14.1 Å². The minimum absolute atomic E-state index is 0.0879. The van der Waals surface area contributed by atoms with Crippen molar-refractivity contribution in [1.82, 2.24) is 19.7 Å². The number of hydrogen-bond acceptors (Lipinski definition) is 4. The first kappa shape index (κ1) is 18.3. The molecule has 1 aliphatic carbocycles. The number of aromatic nitrogens is 4. The summed E-state index contributed by atoms with van der Waals surface area (Å²) >= 11 is 0. The van der Waals surface area contributed by atoms with Gasteiger partial charge in [0.15, 0.2) is 0 Å². The van der Waals surface area contributed by atoms with Crippen LogP contribution in [0.3, 0.4) is 0 Å². The fraction of sp³-hybridized carbons (Fsp3) is 0.375. The molecule has 0 saturated heterocycles. The Morgan fingerprint density at radius 1 is 1.28 bits per heavy atom. The molecule has 0 atom stereocenters. The van der Waals surface area contributed by atoms with E-state index in [0.717, 1.165) is 11.1 Å². The summed E-state index contributed by atoms with van der Waals surface area (Å²) in [5.41, 5.74) is 4.34. The lowest BCUT2D eigenvalue weighted by Gasteiger charge is -2.28. The fourth-order valence-corrected chi connectivity index (χ4v) is 4.40. The van der Waals surface area contributed by atoms with Crippen LogP contribution in [0.5, 0.6) is 0 Å². The predicted octanol–water partition coefficient (Wildman–Crippen LogP) is 5.49. The summed E-state index contributed by atoms with van der Waals surface area (Å²) in [4.78, 5) is 18.9. The molecule has 8 heteroatoms. The number of H-pyrrole nitrogens is 1. The second-order valence-corrected chi connectivity index (χ2v) is 8.40. The molecule has 0 spiro atoms. The van der Waals surface area contributed by atoms with Crippen LogP contribution in [-0.2, 0) is 6.50 Å². The van der Waals surface area contributed by atoms with Gasteiger partial charge in [-0.3, -0.25) is 9.78 Å². The number of aryl methyl sites for hydroxylation is 2. The summed E-state index contributed by atoms with van der Waals surface area (Å²) in [6.07, 6.45) is 4.43.